The summed E-state index contributed by atoms with van der Waals surface area (Å²) in [6, 6.07) is 10.5. The van der Waals surface area contributed by atoms with E-state index in [1.54, 1.807) is 39.0 Å². The van der Waals surface area contributed by atoms with E-state index in [2.05, 4.69) is 20.6 Å². The number of hydrogen-bond acceptors (Lipinski definition) is 7. The van der Waals surface area contributed by atoms with E-state index in [1.165, 1.54) is 24.3 Å². The number of carbonyl (C=O) groups excluding carboxylic acids is 1. The van der Waals surface area contributed by atoms with Gasteiger partial charge in [-0.3, -0.25) is 4.79 Å². The number of aromatic nitrogens is 2. The van der Waals surface area contributed by atoms with Gasteiger partial charge in [0.15, 0.2) is 10.8 Å². The van der Waals surface area contributed by atoms with E-state index in [1.807, 2.05) is 0 Å². The number of rotatable bonds is 6. The maximum atomic E-state index is 14.9. The van der Waals surface area contributed by atoms with Gasteiger partial charge in [0.25, 0.3) is 5.91 Å². The molecule has 2 heterocycles. The Bertz CT molecular complexity index is 1720. The lowest BCUT2D eigenvalue weighted by Gasteiger charge is -2.27. The molecular weight excluding hydrogens is 637 g/mol. The summed E-state index contributed by atoms with van der Waals surface area (Å²) in [5, 5.41) is 22.0. The van der Waals surface area contributed by atoms with Gasteiger partial charge in [0.2, 0.25) is 0 Å². The molecule has 0 saturated heterocycles. The number of halogens is 7. The van der Waals surface area contributed by atoms with E-state index in [4.69, 9.17) is 9.90 Å². The van der Waals surface area contributed by atoms with Crippen LogP contribution in [0, 0.1) is 11.2 Å². The molecule has 2 aromatic carbocycles. The number of aliphatic carboxylic acids is 2. The fourth-order valence-corrected chi connectivity index (χ4v) is 4.49. The zero-order chi connectivity index (χ0) is 33.9. The van der Waals surface area contributed by atoms with Crippen LogP contribution in [0.5, 0.6) is 0 Å². The van der Waals surface area contributed by atoms with Gasteiger partial charge in [0, 0.05) is 11.8 Å². The van der Waals surface area contributed by atoms with Crippen molar-refractivity contribution in [3.63, 3.8) is 0 Å². The van der Waals surface area contributed by atoms with Crippen LogP contribution < -0.4 is 10.6 Å². The molecular formula is C28H23F7N4O5S. The van der Waals surface area contributed by atoms with Gasteiger partial charge in [-0.05, 0) is 46.9 Å². The van der Waals surface area contributed by atoms with Gasteiger partial charge in [-0.2, -0.15) is 31.3 Å². The summed E-state index contributed by atoms with van der Waals surface area (Å²) < 4.78 is 85.6. The number of alkyl halides is 6. The molecule has 0 aliphatic rings. The number of thiazole rings is 1. The summed E-state index contributed by atoms with van der Waals surface area (Å²) >= 11 is 0.917. The van der Waals surface area contributed by atoms with E-state index in [9.17, 15) is 45.4 Å². The lowest BCUT2D eigenvalue weighted by molar-refractivity contribution is -0.192. The molecule has 0 spiro atoms. The summed E-state index contributed by atoms with van der Waals surface area (Å²) in [7, 11) is 0. The molecule has 45 heavy (non-hydrogen) atoms. The van der Waals surface area contributed by atoms with Gasteiger partial charge < -0.3 is 20.8 Å². The van der Waals surface area contributed by atoms with Crippen molar-refractivity contribution in [1.29, 1.82) is 0 Å². The van der Waals surface area contributed by atoms with Crippen LogP contribution in [0.4, 0.5) is 41.6 Å². The van der Waals surface area contributed by atoms with Gasteiger partial charge in [-0.25, -0.2) is 19.0 Å². The molecule has 0 aliphatic heterocycles. The van der Waals surface area contributed by atoms with Crippen molar-refractivity contribution in [2.24, 2.45) is 5.41 Å². The second kappa shape index (κ2) is 13.1. The quantitative estimate of drug-likeness (QED) is 0.160. The molecule has 4 rings (SSSR count). The number of carboxylic acid groups (broad SMARTS) is 2. The third-order valence-corrected chi connectivity index (χ3v) is 6.80. The molecule has 2 aromatic heterocycles. The zero-order valence-corrected chi connectivity index (χ0v) is 24.2. The van der Waals surface area contributed by atoms with Crippen LogP contribution in [-0.2, 0) is 15.8 Å². The smallest absolute Gasteiger partial charge is 0.480 e. The molecule has 0 unspecified atom stereocenters. The van der Waals surface area contributed by atoms with Gasteiger partial charge in [-0.1, -0.05) is 50.3 Å². The molecule has 9 nitrogen and oxygen atoms in total. The molecule has 1 atom stereocenters. The zero-order valence-electron chi connectivity index (χ0n) is 23.3. The third kappa shape index (κ3) is 9.10. The van der Waals surface area contributed by atoms with Crippen LogP contribution >= 0.6 is 11.3 Å². The number of fused-ring (bicyclic) bond motifs is 1. The number of nitrogens with zero attached hydrogens (tertiary/aromatic N) is 2. The number of anilines is 2. The average molecular weight is 661 g/mol. The van der Waals surface area contributed by atoms with Crippen molar-refractivity contribution in [3.05, 3.63) is 71.7 Å². The fourth-order valence-electron chi connectivity index (χ4n) is 3.62. The Hall–Kier alpha value is -4.80. The highest BCUT2D eigenvalue weighted by Crippen LogP contribution is 2.35. The minimum atomic E-state index is -5.08. The van der Waals surface area contributed by atoms with Crippen molar-refractivity contribution < 1.29 is 55.3 Å². The molecule has 1 amide bonds. The Labute approximate surface area is 253 Å². The van der Waals surface area contributed by atoms with E-state index in [0.717, 1.165) is 17.4 Å². The summed E-state index contributed by atoms with van der Waals surface area (Å²) in [6.45, 7) is 5.12. The van der Waals surface area contributed by atoms with Crippen LogP contribution in [0.25, 0.3) is 21.5 Å². The second-order valence-corrected chi connectivity index (χ2v) is 11.4. The average Bonchev–Trinajstić information content (AvgIpc) is 3.33. The van der Waals surface area contributed by atoms with Crippen molar-refractivity contribution in [2.75, 3.05) is 5.32 Å². The summed E-state index contributed by atoms with van der Waals surface area (Å²) in [6.07, 6.45) is -8.92. The van der Waals surface area contributed by atoms with E-state index in [-0.39, 0.29) is 26.7 Å². The van der Waals surface area contributed by atoms with E-state index < -0.39 is 53.0 Å². The first-order chi connectivity index (χ1) is 20.7. The highest BCUT2D eigenvalue weighted by atomic mass is 32.1. The Kier molecular flexibility index (Phi) is 10.1. The van der Waals surface area contributed by atoms with E-state index in [0.29, 0.717) is 17.3 Å². The monoisotopic (exact) mass is 660 g/mol. The number of amides is 1. The first-order valence-corrected chi connectivity index (χ1v) is 13.3. The minimum Gasteiger partial charge on any atom is -0.480 e. The molecule has 240 valence electrons. The normalized spacial score (nSPS) is 12.6. The number of carboxylic acids is 2. The maximum Gasteiger partial charge on any atom is 0.490 e. The van der Waals surface area contributed by atoms with Crippen LogP contribution in [0.1, 0.15) is 36.7 Å². The van der Waals surface area contributed by atoms with Gasteiger partial charge in [-0.15, -0.1) is 0 Å². The van der Waals surface area contributed by atoms with Crippen LogP contribution in [0.2, 0.25) is 0 Å². The lowest BCUT2D eigenvalue weighted by atomic mass is 9.86. The van der Waals surface area contributed by atoms with Crippen LogP contribution in [0.3, 0.4) is 0 Å². The Balaban J connectivity index is 0.000000707. The minimum absolute atomic E-state index is 0.0711. The predicted octanol–water partition coefficient (Wildman–Crippen LogP) is 7.12. The van der Waals surface area contributed by atoms with Gasteiger partial charge in [0.05, 0.1) is 16.0 Å². The molecule has 4 aromatic rings. The molecule has 4 N–H and O–H groups in total. The van der Waals surface area contributed by atoms with Crippen molar-refractivity contribution in [1.82, 2.24) is 15.3 Å². The second-order valence-electron chi connectivity index (χ2n) is 10.4. The SMILES string of the molecule is CC(C)(C)[C@H](NC(=O)c1ccc(-c2ccc(Nc3nc4ncc(C(F)(F)F)cc4s3)c(F)c2)cc1)C(=O)O.O=C(O)C(F)(F)F. The third-order valence-electron chi connectivity index (χ3n) is 5.90. The maximum absolute atomic E-state index is 14.9. The first-order valence-electron chi connectivity index (χ1n) is 12.5. The molecule has 0 aliphatic carbocycles. The number of benzene rings is 2. The van der Waals surface area contributed by atoms with Gasteiger partial charge >= 0.3 is 24.3 Å². The molecule has 0 bridgehead atoms. The standard InChI is InChI=1S/C26H22F4N4O3S.C2HF3O2/c1-25(2,3)20(23(36)37)33-22(35)14-6-4-13(5-7-14)15-8-9-18(17(27)10-15)32-24-34-21-19(38-24)11-16(12-31-21)26(28,29)30;3-2(4,5)1(6)7/h4-12,20H,1-3H3,(H,33,35)(H,36,37)(H,31,32,34);(H,6,7)/t20-;/m1./s1. The fraction of sp³-hybridized carbons (Fsp3) is 0.250. The summed E-state index contributed by atoms with van der Waals surface area (Å²) in [4.78, 5) is 40.8. The van der Waals surface area contributed by atoms with E-state index >= 15 is 0 Å². The predicted molar refractivity (Wildman–Crippen MR) is 150 cm³/mol. The molecule has 17 heteroatoms. The summed E-state index contributed by atoms with van der Waals surface area (Å²) in [5.74, 6) is -5.06. The largest absolute Gasteiger partial charge is 0.490 e. The van der Waals surface area contributed by atoms with Crippen molar-refractivity contribution in [3.8, 4) is 11.1 Å². The number of carbonyl (C=O) groups is 3. The van der Waals surface area contributed by atoms with Crippen LogP contribution in [0.15, 0.2) is 54.7 Å². The Morgan fingerprint density at radius 1 is 0.889 bits per heavy atom. The Morgan fingerprint density at radius 2 is 1.47 bits per heavy atom. The van der Waals surface area contributed by atoms with Gasteiger partial charge in [0.1, 0.15) is 11.9 Å². The van der Waals surface area contributed by atoms with Crippen LogP contribution in [-0.4, -0.2) is 50.2 Å². The number of hydrogen-bond donors (Lipinski definition) is 4. The molecule has 0 fully saturated rings. The summed E-state index contributed by atoms with van der Waals surface area (Å²) in [5.41, 5.74) is -0.0231. The van der Waals surface area contributed by atoms with Crippen molar-refractivity contribution >= 4 is 50.3 Å². The molecule has 0 radical (unpaired) electrons. The lowest BCUT2D eigenvalue weighted by Crippen LogP contribution is -2.49. The number of pyridine rings is 1. The first kappa shape index (κ1) is 34.7. The van der Waals surface area contributed by atoms with Crippen molar-refractivity contribution in [2.45, 2.75) is 39.2 Å². The highest BCUT2D eigenvalue weighted by Gasteiger charge is 2.38. The molecule has 0 saturated carbocycles. The Morgan fingerprint density at radius 3 is 1.96 bits per heavy atom. The number of nitrogens with one attached hydrogen (secondary N) is 2. The topological polar surface area (TPSA) is 142 Å². The highest BCUT2D eigenvalue weighted by molar-refractivity contribution is 7.22.